The number of thiazole rings is 1. The summed E-state index contributed by atoms with van der Waals surface area (Å²) in [7, 11) is 1.72. The molecule has 0 amide bonds. The van der Waals surface area contributed by atoms with E-state index in [0.29, 0.717) is 0 Å². The molecule has 0 bridgehead atoms. The molecule has 0 saturated carbocycles. The standard InChI is InChI=1S/C15H20N2OS2/c1-12-10-20-15(17-12)11-19-14-5-3-4-13(8-14)9-16-6-7-18-2/h3-5,8,10,16H,6-7,9,11H2,1-2H3. The molecular weight excluding hydrogens is 288 g/mol. The minimum absolute atomic E-state index is 0.748. The van der Waals surface area contributed by atoms with Crippen LogP contribution in [0.1, 0.15) is 16.3 Å². The van der Waals surface area contributed by atoms with Crippen LogP contribution in [-0.4, -0.2) is 25.2 Å². The van der Waals surface area contributed by atoms with Crippen LogP contribution < -0.4 is 5.32 Å². The normalized spacial score (nSPS) is 10.9. The average Bonchev–Trinajstić information content (AvgIpc) is 2.88. The second-order valence-corrected chi connectivity index (χ2v) is 6.48. The molecule has 3 nitrogen and oxygen atoms in total. The van der Waals surface area contributed by atoms with Gasteiger partial charge in [-0.3, -0.25) is 0 Å². The van der Waals surface area contributed by atoms with E-state index in [1.54, 1.807) is 18.4 Å². The number of methoxy groups -OCH3 is 1. The fraction of sp³-hybridized carbons (Fsp3) is 0.400. The van der Waals surface area contributed by atoms with Gasteiger partial charge in [-0.2, -0.15) is 0 Å². The molecule has 20 heavy (non-hydrogen) atoms. The summed E-state index contributed by atoms with van der Waals surface area (Å²) >= 11 is 3.57. The van der Waals surface area contributed by atoms with E-state index in [1.165, 1.54) is 15.5 Å². The van der Waals surface area contributed by atoms with Crippen molar-refractivity contribution in [2.24, 2.45) is 0 Å². The first-order valence-corrected chi connectivity index (χ1v) is 8.47. The summed E-state index contributed by atoms with van der Waals surface area (Å²) < 4.78 is 5.02. The van der Waals surface area contributed by atoms with Gasteiger partial charge in [-0.1, -0.05) is 12.1 Å². The predicted octanol–water partition coefficient (Wildman–Crippen LogP) is 3.48. The maximum absolute atomic E-state index is 5.02. The molecule has 1 aromatic heterocycles. The molecule has 1 heterocycles. The lowest BCUT2D eigenvalue weighted by Crippen LogP contribution is -2.18. The summed E-state index contributed by atoms with van der Waals surface area (Å²) in [5.74, 6) is 0.944. The molecule has 0 fully saturated rings. The molecule has 1 aromatic carbocycles. The van der Waals surface area contributed by atoms with Crippen LogP contribution in [0.3, 0.4) is 0 Å². The smallest absolute Gasteiger partial charge is 0.103 e. The molecule has 1 N–H and O–H groups in total. The van der Waals surface area contributed by atoms with Gasteiger partial charge >= 0.3 is 0 Å². The van der Waals surface area contributed by atoms with Crippen LogP contribution in [0.25, 0.3) is 0 Å². The van der Waals surface area contributed by atoms with Crippen molar-refractivity contribution in [3.8, 4) is 0 Å². The molecular formula is C15H20N2OS2. The second-order valence-electron chi connectivity index (χ2n) is 4.49. The molecule has 0 atom stereocenters. The van der Waals surface area contributed by atoms with E-state index in [4.69, 9.17) is 4.74 Å². The van der Waals surface area contributed by atoms with E-state index >= 15 is 0 Å². The number of hydrogen-bond acceptors (Lipinski definition) is 5. The zero-order valence-electron chi connectivity index (χ0n) is 11.9. The molecule has 2 aromatic rings. The SMILES string of the molecule is COCCNCc1cccc(SCc2nc(C)cs2)c1. The van der Waals surface area contributed by atoms with Crippen molar-refractivity contribution in [1.82, 2.24) is 10.3 Å². The van der Waals surface area contributed by atoms with Gasteiger partial charge < -0.3 is 10.1 Å². The summed E-state index contributed by atoms with van der Waals surface area (Å²) in [6, 6.07) is 8.66. The number of nitrogens with one attached hydrogen (secondary N) is 1. The van der Waals surface area contributed by atoms with Crippen LogP contribution in [0.15, 0.2) is 34.5 Å². The third-order valence-electron chi connectivity index (χ3n) is 2.74. The molecule has 0 aliphatic rings. The average molecular weight is 308 g/mol. The third-order valence-corrected chi connectivity index (χ3v) is 4.89. The summed E-state index contributed by atoms with van der Waals surface area (Å²) in [6.07, 6.45) is 0. The highest BCUT2D eigenvalue weighted by molar-refractivity contribution is 7.98. The first-order valence-electron chi connectivity index (χ1n) is 6.60. The number of nitrogens with zero attached hydrogens (tertiary/aromatic N) is 1. The Morgan fingerprint density at radius 2 is 2.30 bits per heavy atom. The summed E-state index contributed by atoms with van der Waals surface area (Å²) in [5, 5.41) is 6.66. The van der Waals surface area contributed by atoms with Gasteiger partial charge in [-0.25, -0.2) is 4.98 Å². The van der Waals surface area contributed by atoms with Crippen molar-refractivity contribution in [3.63, 3.8) is 0 Å². The van der Waals surface area contributed by atoms with Gasteiger partial charge in [0.1, 0.15) is 5.01 Å². The first-order chi connectivity index (χ1) is 9.78. The minimum atomic E-state index is 0.748. The molecule has 0 aliphatic heterocycles. The Kier molecular flexibility index (Phi) is 6.53. The maximum atomic E-state index is 5.02. The Labute approximate surface area is 128 Å². The molecule has 5 heteroatoms. The number of benzene rings is 1. The van der Waals surface area contributed by atoms with Crippen molar-refractivity contribution in [2.45, 2.75) is 24.1 Å². The Hall–Kier alpha value is -0.880. The van der Waals surface area contributed by atoms with Crippen LogP contribution in [0.4, 0.5) is 0 Å². The van der Waals surface area contributed by atoms with Gasteiger partial charge in [0.05, 0.1) is 12.4 Å². The third kappa shape index (κ3) is 5.25. The Bertz CT molecular complexity index is 528. The largest absolute Gasteiger partial charge is 0.383 e. The molecule has 0 radical (unpaired) electrons. The quantitative estimate of drug-likeness (QED) is 0.598. The second kappa shape index (κ2) is 8.42. The molecule has 0 unspecified atom stereocenters. The van der Waals surface area contributed by atoms with Gasteiger partial charge in [-0.05, 0) is 24.6 Å². The maximum Gasteiger partial charge on any atom is 0.103 e. The van der Waals surface area contributed by atoms with Gasteiger partial charge in [0.25, 0.3) is 0 Å². The Balaban J connectivity index is 1.82. The molecule has 2 rings (SSSR count). The highest BCUT2D eigenvalue weighted by Gasteiger charge is 2.01. The van der Waals surface area contributed by atoms with Gasteiger partial charge in [-0.15, -0.1) is 23.1 Å². The lowest BCUT2D eigenvalue weighted by molar-refractivity contribution is 0.199. The van der Waals surface area contributed by atoms with Crippen LogP contribution in [0.5, 0.6) is 0 Å². The number of rotatable bonds is 8. The van der Waals surface area contributed by atoms with Gasteiger partial charge in [0.2, 0.25) is 0 Å². The van der Waals surface area contributed by atoms with Crippen molar-refractivity contribution >= 4 is 23.1 Å². The molecule has 0 aliphatic carbocycles. The number of ether oxygens (including phenoxy) is 1. The zero-order chi connectivity index (χ0) is 14.2. The number of aromatic nitrogens is 1. The topological polar surface area (TPSA) is 34.1 Å². The fourth-order valence-corrected chi connectivity index (χ4v) is 3.54. The predicted molar refractivity (Wildman–Crippen MR) is 86.4 cm³/mol. The van der Waals surface area contributed by atoms with Crippen LogP contribution in [0.2, 0.25) is 0 Å². The van der Waals surface area contributed by atoms with Crippen molar-refractivity contribution in [3.05, 3.63) is 45.9 Å². The van der Waals surface area contributed by atoms with Crippen molar-refractivity contribution < 1.29 is 4.74 Å². The zero-order valence-corrected chi connectivity index (χ0v) is 13.5. The van der Waals surface area contributed by atoms with E-state index in [-0.39, 0.29) is 0 Å². The van der Waals surface area contributed by atoms with E-state index in [0.717, 1.165) is 31.1 Å². The molecule has 108 valence electrons. The summed E-state index contributed by atoms with van der Waals surface area (Å²) in [4.78, 5) is 5.78. The van der Waals surface area contributed by atoms with E-state index in [9.17, 15) is 0 Å². The minimum Gasteiger partial charge on any atom is -0.383 e. The van der Waals surface area contributed by atoms with E-state index in [2.05, 4.69) is 39.9 Å². The summed E-state index contributed by atoms with van der Waals surface area (Å²) in [5.41, 5.74) is 2.42. The van der Waals surface area contributed by atoms with Crippen LogP contribution in [0, 0.1) is 6.92 Å². The highest BCUT2D eigenvalue weighted by Crippen LogP contribution is 2.25. The molecule has 0 spiro atoms. The van der Waals surface area contributed by atoms with E-state index < -0.39 is 0 Å². The first kappa shape index (κ1) is 15.5. The summed E-state index contributed by atoms with van der Waals surface area (Å²) in [6.45, 7) is 4.55. The van der Waals surface area contributed by atoms with Crippen molar-refractivity contribution in [1.29, 1.82) is 0 Å². The Morgan fingerprint density at radius 3 is 3.05 bits per heavy atom. The molecule has 0 saturated heterocycles. The van der Waals surface area contributed by atoms with Crippen LogP contribution >= 0.6 is 23.1 Å². The lowest BCUT2D eigenvalue weighted by Gasteiger charge is -2.06. The lowest BCUT2D eigenvalue weighted by atomic mass is 10.2. The number of aryl methyl sites for hydroxylation is 1. The van der Waals surface area contributed by atoms with Gasteiger partial charge in [0.15, 0.2) is 0 Å². The van der Waals surface area contributed by atoms with Crippen molar-refractivity contribution in [2.75, 3.05) is 20.3 Å². The Morgan fingerprint density at radius 1 is 1.40 bits per heavy atom. The number of thioether (sulfide) groups is 1. The van der Waals surface area contributed by atoms with Gasteiger partial charge in [0, 0.05) is 36.2 Å². The van der Waals surface area contributed by atoms with E-state index in [1.807, 2.05) is 18.7 Å². The fourth-order valence-electron chi connectivity index (χ4n) is 1.77. The van der Waals surface area contributed by atoms with Crippen LogP contribution in [-0.2, 0) is 17.0 Å². The highest BCUT2D eigenvalue weighted by atomic mass is 32.2. The number of hydrogen-bond donors (Lipinski definition) is 1. The monoisotopic (exact) mass is 308 g/mol.